The average molecular weight is 267 g/mol. The van der Waals surface area contributed by atoms with Crippen LogP contribution in [0.1, 0.15) is 13.8 Å². The van der Waals surface area contributed by atoms with Crippen molar-refractivity contribution in [3.8, 4) is 5.75 Å². The lowest BCUT2D eigenvalue weighted by molar-refractivity contribution is -0.384. The lowest BCUT2D eigenvalue weighted by Gasteiger charge is -2.15. The second-order valence-electron chi connectivity index (χ2n) is 3.88. The maximum absolute atomic E-state index is 11.2. The Hall–Kier alpha value is -2.48. The van der Waals surface area contributed by atoms with E-state index < -0.39 is 11.0 Å². The summed E-state index contributed by atoms with van der Waals surface area (Å²) >= 11 is 0. The number of ketones is 2. The molecule has 0 unspecified atom stereocenters. The van der Waals surface area contributed by atoms with Gasteiger partial charge in [-0.1, -0.05) is 0 Å². The summed E-state index contributed by atoms with van der Waals surface area (Å²) in [4.78, 5) is 32.2. The third-order valence-electron chi connectivity index (χ3n) is 2.36. The lowest BCUT2D eigenvalue weighted by Crippen LogP contribution is -2.44. The number of nitrogens with one attached hydrogen (secondary N) is 2. The van der Waals surface area contributed by atoms with Gasteiger partial charge in [-0.2, -0.15) is 0 Å². The topological polar surface area (TPSA) is 122 Å². The molecule has 8 nitrogen and oxygen atoms in total. The van der Waals surface area contributed by atoms with Crippen LogP contribution < -0.4 is 10.9 Å². The highest BCUT2D eigenvalue weighted by Crippen LogP contribution is 2.27. The molecule has 1 rings (SSSR count). The van der Waals surface area contributed by atoms with Crippen LogP contribution in [0.15, 0.2) is 18.2 Å². The predicted molar refractivity (Wildman–Crippen MR) is 66.7 cm³/mol. The summed E-state index contributed by atoms with van der Waals surface area (Å²) in [5.74, 6) is -1.14. The number of rotatable bonds is 6. The fourth-order valence-corrected chi connectivity index (χ4v) is 1.38. The summed E-state index contributed by atoms with van der Waals surface area (Å²) < 4.78 is 0. The SMILES string of the molecule is CC(=O)C(NNc1ccc([N+](=O)[O-])cc1O)C(C)=O. The largest absolute Gasteiger partial charge is 0.505 e. The smallest absolute Gasteiger partial charge is 0.273 e. The molecule has 19 heavy (non-hydrogen) atoms. The molecule has 0 aliphatic heterocycles. The van der Waals surface area contributed by atoms with E-state index in [1.165, 1.54) is 26.0 Å². The Bertz CT molecular complexity index is 515. The molecule has 3 N–H and O–H groups in total. The number of benzene rings is 1. The van der Waals surface area contributed by atoms with Gasteiger partial charge in [-0.15, -0.1) is 0 Å². The first kappa shape index (κ1) is 14.6. The van der Waals surface area contributed by atoms with E-state index in [4.69, 9.17) is 0 Å². The van der Waals surface area contributed by atoms with Gasteiger partial charge in [-0.3, -0.25) is 19.7 Å². The van der Waals surface area contributed by atoms with Crippen molar-refractivity contribution < 1.29 is 19.6 Å². The van der Waals surface area contributed by atoms with Gasteiger partial charge in [-0.25, -0.2) is 5.43 Å². The highest BCUT2D eigenvalue weighted by molar-refractivity contribution is 6.04. The zero-order valence-corrected chi connectivity index (χ0v) is 10.3. The summed E-state index contributed by atoms with van der Waals surface area (Å²) in [6.45, 7) is 2.49. The number of non-ortho nitro benzene ring substituents is 1. The minimum absolute atomic E-state index is 0.123. The number of phenols is 1. The number of aromatic hydroxyl groups is 1. The summed E-state index contributed by atoms with van der Waals surface area (Å²) in [7, 11) is 0. The fourth-order valence-electron chi connectivity index (χ4n) is 1.38. The van der Waals surface area contributed by atoms with Gasteiger partial charge in [0, 0.05) is 6.07 Å². The van der Waals surface area contributed by atoms with Crippen molar-refractivity contribution in [1.82, 2.24) is 5.43 Å². The van der Waals surface area contributed by atoms with Crippen LogP contribution in [0.5, 0.6) is 5.75 Å². The van der Waals surface area contributed by atoms with E-state index in [9.17, 15) is 24.8 Å². The molecule has 0 saturated carbocycles. The van der Waals surface area contributed by atoms with Crippen LogP contribution in [0.3, 0.4) is 0 Å². The third kappa shape index (κ3) is 3.75. The number of hydrogen-bond acceptors (Lipinski definition) is 7. The van der Waals surface area contributed by atoms with Crippen molar-refractivity contribution in [1.29, 1.82) is 0 Å². The van der Waals surface area contributed by atoms with Gasteiger partial charge in [-0.05, 0) is 19.9 Å². The molecule has 0 aliphatic carbocycles. The van der Waals surface area contributed by atoms with Gasteiger partial charge in [0.15, 0.2) is 11.6 Å². The van der Waals surface area contributed by atoms with E-state index in [1.807, 2.05) is 0 Å². The minimum atomic E-state index is -1.05. The van der Waals surface area contributed by atoms with E-state index >= 15 is 0 Å². The Morgan fingerprint density at radius 1 is 1.32 bits per heavy atom. The minimum Gasteiger partial charge on any atom is -0.505 e. The number of nitrogens with zero attached hydrogens (tertiary/aromatic N) is 1. The van der Waals surface area contributed by atoms with E-state index in [-0.39, 0.29) is 28.7 Å². The molecular formula is C11H13N3O5. The normalized spacial score (nSPS) is 10.3. The number of nitro groups is 1. The molecule has 0 atom stereocenters. The number of phenolic OH excluding ortho intramolecular Hbond substituents is 1. The molecule has 0 saturated heterocycles. The van der Waals surface area contributed by atoms with Gasteiger partial charge in [0.05, 0.1) is 16.7 Å². The highest BCUT2D eigenvalue weighted by atomic mass is 16.6. The Kier molecular flexibility index (Phi) is 4.54. The Labute approximate surface area is 108 Å². The first-order chi connectivity index (χ1) is 8.82. The molecule has 0 radical (unpaired) electrons. The Morgan fingerprint density at radius 3 is 2.32 bits per heavy atom. The van der Waals surface area contributed by atoms with E-state index in [2.05, 4.69) is 10.9 Å². The van der Waals surface area contributed by atoms with Crippen LogP contribution in [0.25, 0.3) is 0 Å². The van der Waals surface area contributed by atoms with Gasteiger partial charge in [0.1, 0.15) is 11.8 Å². The third-order valence-corrected chi connectivity index (χ3v) is 2.36. The highest BCUT2D eigenvalue weighted by Gasteiger charge is 2.19. The fraction of sp³-hybridized carbons (Fsp3) is 0.273. The van der Waals surface area contributed by atoms with Crippen molar-refractivity contribution in [3.05, 3.63) is 28.3 Å². The number of hydrogen-bond donors (Lipinski definition) is 3. The van der Waals surface area contributed by atoms with Gasteiger partial charge in [0.25, 0.3) is 5.69 Å². The number of hydrazine groups is 1. The Balaban J connectivity index is 2.80. The molecule has 102 valence electrons. The number of anilines is 1. The van der Waals surface area contributed by atoms with Crippen molar-refractivity contribution in [3.63, 3.8) is 0 Å². The number of Topliss-reactive ketones (excluding diaryl/α,β-unsaturated/α-hetero) is 2. The monoisotopic (exact) mass is 267 g/mol. The molecule has 1 aromatic rings. The molecule has 0 bridgehead atoms. The molecule has 0 heterocycles. The van der Waals surface area contributed by atoms with Crippen LogP contribution in [-0.4, -0.2) is 27.6 Å². The van der Waals surface area contributed by atoms with Crippen molar-refractivity contribution >= 4 is 22.9 Å². The average Bonchev–Trinajstić information content (AvgIpc) is 2.29. The maximum Gasteiger partial charge on any atom is 0.273 e. The molecule has 0 aliphatic rings. The molecule has 0 fully saturated rings. The quantitative estimate of drug-likeness (QED) is 0.301. The van der Waals surface area contributed by atoms with E-state index in [0.29, 0.717) is 0 Å². The summed E-state index contributed by atoms with van der Waals surface area (Å²) in [5.41, 5.74) is 4.78. The maximum atomic E-state index is 11.2. The number of nitro benzene ring substituents is 1. The van der Waals surface area contributed by atoms with Crippen LogP contribution in [0.4, 0.5) is 11.4 Å². The van der Waals surface area contributed by atoms with Crippen LogP contribution in [0, 0.1) is 10.1 Å². The predicted octanol–water partition coefficient (Wildman–Crippen LogP) is 0.763. The van der Waals surface area contributed by atoms with E-state index in [0.717, 1.165) is 6.07 Å². The number of carbonyl (C=O) groups excluding carboxylic acids is 2. The van der Waals surface area contributed by atoms with Gasteiger partial charge < -0.3 is 10.5 Å². The summed E-state index contributed by atoms with van der Waals surface area (Å²) in [5, 5.41) is 20.0. The second kappa shape index (κ2) is 5.91. The molecule has 1 aromatic carbocycles. The second-order valence-corrected chi connectivity index (χ2v) is 3.88. The van der Waals surface area contributed by atoms with Crippen molar-refractivity contribution in [2.24, 2.45) is 0 Å². The zero-order chi connectivity index (χ0) is 14.6. The first-order valence-electron chi connectivity index (χ1n) is 5.32. The number of carbonyl (C=O) groups is 2. The lowest BCUT2D eigenvalue weighted by atomic mass is 10.1. The summed E-state index contributed by atoms with van der Waals surface area (Å²) in [6, 6.07) is 2.35. The molecule has 0 amide bonds. The van der Waals surface area contributed by atoms with Crippen LogP contribution in [-0.2, 0) is 9.59 Å². The van der Waals surface area contributed by atoms with Crippen LogP contribution >= 0.6 is 0 Å². The van der Waals surface area contributed by atoms with Crippen molar-refractivity contribution in [2.45, 2.75) is 19.9 Å². The zero-order valence-electron chi connectivity index (χ0n) is 10.3. The van der Waals surface area contributed by atoms with Gasteiger partial charge in [0.2, 0.25) is 0 Å². The summed E-state index contributed by atoms with van der Waals surface area (Å²) in [6.07, 6.45) is 0. The first-order valence-corrected chi connectivity index (χ1v) is 5.32. The van der Waals surface area contributed by atoms with E-state index in [1.54, 1.807) is 0 Å². The molecule has 8 heteroatoms. The molecular weight excluding hydrogens is 254 g/mol. The Morgan fingerprint density at radius 2 is 1.89 bits per heavy atom. The standard InChI is InChI=1S/C11H13N3O5/c1-6(15)11(7(2)16)13-12-9-4-3-8(14(18)19)5-10(9)17/h3-5,11-13,17H,1-2H3. The van der Waals surface area contributed by atoms with Crippen molar-refractivity contribution in [2.75, 3.05) is 5.43 Å². The van der Waals surface area contributed by atoms with Crippen LogP contribution in [0.2, 0.25) is 0 Å². The van der Waals surface area contributed by atoms with Gasteiger partial charge >= 0.3 is 0 Å². The molecule has 0 spiro atoms. The molecule has 0 aromatic heterocycles.